The summed E-state index contributed by atoms with van der Waals surface area (Å²) in [7, 11) is 3.15. The molecule has 6 heteroatoms. The van der Waals surface area contributed by atoms with Gasteiger partial charge in [0.15, 0.2) is 0 Å². The molecule has 0 saturated carbocycles. The molecule has 0 aliphatic heterocycles. The first kappa shape index (κ1) is 17.4. The van der Waals surface area contributed by atoms with Crippen molar-refractivity contribution in [2.75, 3.05) is 40.5 Å². The highest BCUT2D eigenvalue weighted by molar-refractivity contribution is 5.77. The number of benzene rings is 1. The van der Waals surface area contributed by atoms with E-state index < -0.39 is 6.10 Å². The molecule has 1 aromatic rings. The number of aryl methyl sites for hydroxylation is 1. The van der Waals surface area contributed by atoms with Crippen molar-refractivity contribution in [2.45, 2.75) is 13.0 Å². The zero-order valence-electron chi connectivity index (χ0n) is 12.8. The van der Waals surface area contributed by atoms with Crippen molar-refractivity contribution in [2.24, 2.45) is 0 Å². The summed E-state index contributed by atoms with van der Waals surface area (Å²) in [4.78, 5) is 11.5. The van der Waals surface area contributed by atoms with Crippen molar-refractivity contribution < 1.29 is 19.4 Å². The maximum absolute atomic E-state index is 11.5. The number of hydrogen-bond donors (Lipinski definition) is 3. The van der Waals surface area contributed by atoms with Crippen molar-refractivity contribution in [1.29, 1.82) is 0 Å². The van der Waals surface area contributed by atoms with Gasteiger partial charge in [0.05, 0.1) is 26.4 Å². The number of hydrogen-bond acceptors (Lipinski definition) is 5. The SMILES string of the molecule is COCCNC(=O)CNCC(O)c1cc(C)ccc1OC. The van der Waals surface area contributed by atoms with Crippen LogP contribution in [0.1, 0.15) is 17.2 Å². The number of nitrogens with one attached hydrogen (secondary N) is 2. The molecule has 21 heavy (non-hydrogen) atoms. The molecule has 0 radical (unpaired) electrons. The lowest BCUT2D eigenvalue weighted by Gasteiger charge is -2.16. The summed E-state index contributed by atoms with van der Waals surface area (Å²) in [5.74, 6) is 0.509. The van der Waals surface area contributed by atoms with Crippen LogP contribution in [-0.4, -0.2) is 51.5 Å². The molecule has 0 aromatic heterocycles. The zero-order chi connectivity index (χ0) is 15.7. The molecule has 1 unspecified atom stereocenters. The molecule has 0 heterocycles. The largest absolute Gasteiger partial charge is 0.496 e. The van der Waals surface area contributed by atoms with Crippen LogP contribution in [-0.2, 0) is 9.53 Å². The van der Waals surface area contributed by atoms with Gasteiger partial charge in [0.25, 0.3) is 0 Å². The molecule has 0 spiro atoms. The van der Waals surface area contributed by atoms with E-state index in [4.69, 9.17) is 9.47 Å². The summed E-state index contributed by atoms with van der Waals surface area (Å²) in [5, 5.41) is 15.8. The van der Waals surface area contributed by atoms with E-state index >= 15 is 0 Å². The Labute approximate surface area is 125 Å². The molecule has 1 aromatic carbocycles. The summed E-state index contributed by atoms with van der Waals surface area (Å²) in [5.41, 5.74) is 1.76. The highest BCUT2D eigenvalue weighted by atomic mass is 16.5. The summed E-state index contributed by atoms with van der Waals surface area (Å²) >= 11 is 0. The minimum absolute atomic E-state index is 0.129. The third-order valence-electron chi connectivity index (χ3n) is 3.00. The summed E-state index contributed by atoms with van der Waals surface area (Å²) in [6.45, 7) is 3.33. The predicted molar refractivity (Wildman–Crippen MR) is 80.4 cm³/mol. The van der Waals surface area contributed by atoms with Crippen LogP contribution in [0.4, 0.5) is 0 Å². The average Bonchev–Trinajstić information content (AvgIpc) is 2.47. The first-order chi connectivity index (χ1) is 10.1. The van der Waals surface area contributed by atoms with Crippen LogP contribution < -0.4 is 15.4 Å². The van der Waals surface area contributed by atoms with E-state index in [1.54, 1.807) is 14.2 Å². The van der Waals surface area contributed by atoms with Gasteiger partial charge in [-0.15, -0.1) is 0 Å². The Morgan fingerprint density at radius 3 is 2.81 bits per heavy atom. The second-order valence-electron chi connectivity index (χ2n) is 4.73. The van der Waals surface area contributed by atoms with E-state index in [9.17, 15) is 9.90 Å². The molecule has 0 saturated heterocycles. The maximum atomic E-state index is 11.5. The summed E-state index contributed by atoms with van der Waals surface area (Å²) in [6, 6.07) is 5.63. The van der Waals surface area contributed by atoms with Crippen LogP contribution in [0.15, 0.2) is 18.2 Å². The van der Waals surface area contributed by atoms with E-state index in [2.05, 4.69) is 10.6 Å². The van der Waals surface area contributed by atoms with E-state index in [0.29, 0.717) is 24.5 Å². The van der Waals surface area contributed by atoms with E-state index in [-0.39, 0.29) is 19.0 Å². The van der Waals surface area contributed by atoms with Crippen LogP contribution in [0.2, 0.25) is 0 Å². The number of methoxy groups -OCH3 is 2. The molecular weight excluding hydrogens is 272 g/mol. The second-order valence-corrected chi connectivity index (χ2v) is 4.73. The van der Waals surface area contributed by atoms with Crippen molar-refractivity contribution in [1.82, 2.24) is 10.6 Å². The number of carbonyl (C=O) groups excluding carboxylic acids is 1. The van der Waals surface area contributed by atoms with Gasteiger partial charge in [0, 0.05) is 25.8 Å². The number of carbonyl (C=O) groups is 1. The quantitative estimate of drug-likeness (QED) is 0.575. The van der Waals surface area contributed by atoms with E-state index in [1.807, 2.05) is 25.1 Å². The third-order valence-corrected chi connectivity index (χ3v) is 3.00. The number of rotatable bonds is 9. The molecule has 118 valence electrons. The Kier molecular flexibility index (Phi) is 7.74. The molecule has 0 aliphatic rings. The highest BCUT2D eigenvalue weighted by Crippen LogP contribution is 2.25. The second kappa shape index (κ2) is 9.33. The minimum atomic E-state index is -0.730. The molecular formula is C15H24N2O4. The van der Waals surface area contributed by atoms with Crippen LogP contribution >= 0.6 is 0 Å². The first-order valence-electron chi connectivity index (χ1n) is 6.87. The maximum Gasteiger partial charge on any atom is 0.234 e. The Hall–Kier alpha value is -1.63. The summed E-state index contributed by atoms with van der Waals surface area (Å²) in [6.07, 6.45) is -0.730. The van der Waals surface area contributed by atoms with Gasteiger partial charge in [-0.2, -0.15) is 0 Å². The standard InChI is InChI=1S/C15H24N2O4/c1-11-4-5-14(21-3)12(8-11)13(18)9-16-10-15(19)17-6-7-20-2/h4-5,8,13,16,18H,6-7,9-10H2,1-3H3,(H,17,19). The van der Waals surface area contributed by atoms with Gasteiger partial charge in [0.1, 0.15) is 5.75 Å². The number of amides is 1. The van der Waals surface area contributed by atoms with Crippen LogP contribution in [0, 0.1) is 6.92 Å². The number of aliphatic hydroxyl groups excluding tert-OH is 1. The summed E-state index contributed by atoms with van der Waals surface area (Å²) < 4.78 is 10.1. The molecule has 1 amide bonds. The Morgan fingerprint density at radius 1 is 1.38 bits per heavy atom. The minimum Gasteiger partial charge on any atom is -0.496 e. The van der Waals surface area contributed by atoms with Gasteiger partial charge < -0.3 is 25.2 Å². The first-order valence-corrected chi connectivity index (χ1v) is 6.87. The Bertz CT molecular complexity index is 451. The fraction of sp³-hybridized carbons (Fsp3) is 0.533. The molecule has 1 rings (SSSR count). The fourth-order valence-corrected chi connectivity index (χ4v) is 1.90. The smallest absolute Gasteiger partial charge is 0.234 e. The van der Waals surface area contributed by atoms with Crippen LogP contribution in [0.3, 0.4) is 0 Å². The third kappa shape index (κ3) is 6.12. The monoisotopic (exact) mass is 296 g/mol. The lowest BCUT2D eigenvalue weighted by molar-refractivity contribution is -0.120. The number of aliphatic hydroxyl groups is 1. The Morgan fingerprint density at radius 2 is 2.14 bits per heavy atom. The lowest BCUT2D eigenvalue weighted by atomic mass is 10.1. The van der Waals surface area contributed by atoms with Crippen molar-refractivity contribution in [3.63, 3.8) is 0 Å². The Balaban J connectivity index is 2.41. The van der Waals surface area contributed by atoms with E-state index in [1.165, 1.54) is 0 Å². The van der Waals surface area contributed by atoms with E-state index in [0.717, 1.165) is 5.56 Å². The van der Waals surface area contributed by atoms with Gasteiger partial charge in [0.2, 0.25) is 5.91 Å². The lowest BCUT2D eigenvalue weighted by Crippen LogP contribution is -2.37. The van der Waals surface area contributed by atoms with Crippen LogP contribution in [0.5, 0.6) is 5.75 Å². The van der Waals surface area contributed by atoms with Gasteiger partial charge in [-0.3, -0.25) is 4.79 Å². The van der Waals surface area contributed by atoms with Gasteiger partial charge >= 0.3 is 0 Å². The van der Waals surface area contributed by atoms with Gasteiger partial charge in [-0.1, -0.05) is 11.6 Å². The highest BCUT2D eigenvalue weighted by Gasteiger charge is 2.13. The zero-order valence-corrected chi connectivity index (χ0v) is 12.8. The fourth-order valence-electron chi connectivity index (χ4n) is 1.90. The molecule has 0 aliphatic carbocycles. The normalized spacial score (nSPS) is 12.0. The molecule has 1 atom stereocenters. The molecule has 0 fully saturated rings. The van der Waals surface area contributed by atoms with Gasteiger partial charge in [-0.25, -0.2) is 0 Å². The van der Waals surface area contributed by atoms with Crippen LogP contribution in [0.25, 0.3) is 0 Å². The average molecular weight is 296 g/mol. The molecule has 0 bridgehead atoms. The number of ether oxygens (including phenoxy) is 2. The molecule has 6 nitrogen and oxygen atoms in total. The van der Waals surface area contributed by atoms with Gasteiger partial charge in [-0.05, 0) is 19.1 Å². The van der Waals surface area contributed by atoms with Crippen molar-refractivity contribution >= 4 is 5.91 Å². The topological polar surface area (TPSA) is 79.8 Å². The predicted octanol–water partition coefficient (Wildman–Crippen LogP) is 0.389. The van der Waals surface area contributed by atoms with Crippen molar-refractivity contribution in [3.8, 4) is 5.75 Å². The van der Waals surface area contributed by atoms with Crippen molar-refractivity contribution in [3.05, 3.63) is 29.3 Å². The molecule has 3 N–H and O–H groups in total.